The Morgan fingerprint density at radius 1 is 1.07 bits per heavy atom. The lowest BCUT2D eigenvalue weighted by Gasteiger charge is -2.12. The topological polar surface area (TPSA) is 58.1 Å². The van der Waals surface area contributed by atoms with E-state index in [0.717, 1.165) is 38.6 Å². The quantitative estimate of drug-likeness (QED) is 0.517. The molecule has 1 aromatic heterocycles. The molecule has 0 saturated carbocycles. The number of carbonyl (C=O) groups excluding carboxylic acids is 1. The molecule has 1 amide bonds. The van der Waals surface area contributed by atoms with Crippen LogP contribution >= 0.6 is 11.8 Å². The molecule has 0 spiro atoms. The monoisotopic (exact) mass is 380 g/mol. The first-order chi connectivity index (χ1) is 12.9. The lowest BCUT2D eigenvalue weighted by molar-refractivity contribution is -0.113. The van der Waals surface area contributed by atoms with E-state index in [1.54, 1.807) is 0 Å². The van der Waals surface area contributed by atoms with Crippen LogP contribution in [0.4, 0.5) is 5.69 Å². The number of nitrogens with zero attached hydrogens (tertiary/aromatic N) is 3. The molecule has 1 heterocycles. The molecule has 0 aliphatic rings. The van der Waals surface area contributed by atoms with E-state index in [4.69, 9.17) is 0 Å². The number of thioether (sulfide) groups is 1. The molecule has 140 valence electrons. The number of anilines is 1. The van der Waals surface area contributed by atoms with Gasteiger partial charge in [-0.05, 0) is 51.2 Å². The molecule has 6 heteroatoms. The molecular formula is C21H24N4OS. The highest BCUT2D eigenvalue weighted by molar-refractivity contribution is 8.00. The van der Waals surface area contributed by atoms with E-state index >= 15 is 0 Å². The molecule has 0 saturated heterocycles. The highest BCUT2D eigenvalue weighted by atomic mass is 32.2. The molecule has 3 aromatic rings. The van der Waals surface area contributed by atoms with Crippen molar-refractivity contribution in [1.29, 1.82) is 0 Å². The summed E-state index contributed by atoms with van der Waals surface area (Å²) in [6.45, 7) is 4.72. The minimum Gasteiger partial charge on any atom is -0.325 e. The van der Waals surface area contributed by atoms with Crippen LogP contribution in [-0.2, 0) is 11.3 Å². The van der Waals surface area contributed by atoms with Gasteiger partial charge in [0.1, 0.15) is 10.9 Å². The Morgan fingerprint density at radius 3 is 2.63 bits per heavy atom. The minimum atomic E-state index is -0.0365. The molecule has 0 unspecified atom stereocenters. The lowest BCUT2D eigenvalue weighted by Crippen LogP contribution is -2.16. The molecule has 0 fully saturated rings. The first kappa shape index (κ1) is 19.3. The summed E-state index contributed by atoms with van der Waals surface area (Å²) in [6, 6.07) is 13.8. The summed E-state index contributed by atoms with van der Waals surface area (Å²) in [7, 11) is 3.98. The van der Waals surface area contributed by atoms with Crippen LogP contribution in [0.25, 0.3) is 10.9 Å². The number of aromatic nitrogens is 2. The molecule has 27 heavy (non-hydrogen) atoms. The zero-order valence-corrected chi connectivity index (χ0v) is 16.9. The fraction of sp³-hybridized carbons (Fsp3) is 0.286. The first-order valence-corrected chi connectivity index (χ1v) is 9.82. The predicted octanol–water partition coefficient (Wildman–Crippen LogP) is 4.04. The summed E-state index contributed by atoms with van der Waals surface area (Å²) < 4.78 is 0. The van der Waals surface area contributed by atoms with E-state index in [0.29, 0.717) is 12.3 Å². The molecule has 2 aromatic carbocycles. The number of nitrogens with one attached hydrogen (secondary N) is 1. The number of benzene rings is 2. The van der Waals surface area contributed by atoms with Gasteiger partial charge in [0.2, 0.25) is 5.91 Å². The van der Waals surface area contributed by atoms with E-state index in [-0.39, 0.29) is 5.91 Å². The number of amides is 1. The van der Waals surface area contributed by atoms with E-state index in [2.05, 4.69) is 15.3 Å². The Kier molecular flexibility index (Phi) is 6.08. The molecule has 0 bridgehead atoms. The number of fused-ring (bicyclic) bond motifs is 1. The first-order valence-electron chi connectivity index (χ1n) is 8.83. The number of rotatable bonds is 6. The fourth-order valence-electron chi connectivity index (χ4n) is 2.76. The van der Waals surface area contributed by atoms with Crippen molar-refractivity contribution in [2.45, 2.75) is 25.4 Å². The third-order valence-electron chi connectivity index (χ3n) is 4.29. The van der Waals surface area contributed by atoms with E-state index in [9.17, 15) is 4.79 Å². The van der Waals surface area contributed by atoms with Crippen LogP contribution < -0.4 is 5.32 Å². The van der Waals surface area contributed by atoms with Crippen molar-refractivity contribution < 1.29 is 4.79 Å². The van der Waals surface area contributed by atoms with Crippen molar-refractivity contribution in [3.8, 4) is 0 Å². The average molecular weight is 381 g/mol. The second-order valence-electron chi connectivity index (χ2n) is 6.78. The maximum Gasteiger partial charge on any atom is 0.234 e. The molecule has 0 atom stereocenters. The van der Waals surface area contributed by atoms with Gasteiger partial charge in [0.15, 0.2) is 0 Å². The van der Waals surface area contributed by atoms with Crippen LogP contribution in [0.2, 0.25) is 0 Å². The smallest absolute Gasteiger partial charge is 0.234 e. The Balaban J connectivity index is 1.77. The lowest BCUT2D eigenvalue weighted by atomic mass is 10.1. The van der Waals surface area contributed by atoms with Crippen molar-refractivity contribution in [2.75, 3.05) is 25.2 Å². The Bertz CT molecular complexity index is 972. The number of hydrogen-bond acceptors (Lipinski definition) is 5. The van der Waals surface area contributed by atoms with Gasteiger partial charge >= 0.3 is 0 Å². The molecule has 0 radical (unpaired) electrons. The van der Waals surface area contributed by atoms with Crippen LogP contribution in [0.3, 0.4) is 0 Å². The van der Waals surface area contributed by atoms with Gasteiger partial charge in [-0.2, -0.15) is 0 Å². The Labute approximate surface area is 164 Å². The van der Waals surface area contributed by atoms with E-state index in [1.807, 2.05) is 75.3 Å². The number of carbonyl (C=O) groups is 1. The maximum absolute atomic E-state index is 12.5. The van der Waals surface area contributed by atoms with Crippen LogP contribution in [0.15, 0.2) is 47.5 Å². The predicted molar refractivity (Wildman–Crippen MR) is 112 cm³/mol. The summed E-state index contributed by atoms with van der Waals surface area (Å²) in [4.78, 5) is 23.8. The van der Waals surface area contributed by atoms with Gasteiger partial charge in [-0.3, -0.25) is 4.79 Å². The maximum atomic E-state index is 12.5. The summed E-state index contributed by atoms with van der Waals surface area (Å²) in [5, 5.41) is 4.82. The number of hydrogen-bond donors (Lipinski definition) is 1. The van der Waals surface area contributed by atoms with E-state index < -0.39 is 0 Å². The van der Waals surface area contributed by atoms with Crippen molar-refractivity contribution in [3.05, 3.63) is 59.4 Å². The average Bonchev–Trinajstić information content (AvgIpc) is 2.63. The molecular weight excluding hydrogens is 356 g/mol. The van der Waals surface area contributed by atoms with Crippen LogP contribution in [-0.4, -0.2) is 40.6 Å². The summed E-state index contributed by atoms with van der Waals surface area (Å²) in [6.07, 6.45) is 0. The van der Waals surface area contributed by atoms with Crippen LogP contribution in [0, 0.1) is 13.8 Å². The SMILES string of the molecule is Cc1cccc(NC(=O)CSc2nc(CN(C)C)nc3ccccc23)c1C. The van der Waals surface area contributed by atoms with Gasteiger partial charge < -0.3 is 10.2 Å². The zero-order valence-electron chi connectivity index (χ0n) is 16.1. The third-order valence-corrected chi connectivity index (χ3v) is 5.28. The molecule has 0 aliphatic carbocycles. The second-order valence-corrected chi connectivity index (χ2v) is 7.75. The van der Waals surface area contributed by atoms with Crippen molar-refractivity contribution in [3.63, 3.8) is 0 Å². The van der Waals surface area contributed by atoms with Crippen LogP contribution in [0.5, 0.6) is 0 Å². The molecule has 0 aliphatic heterocycles. The zero-order chi connectivity index (χ0) is 19.4. The molecule has 3 rings (SSSR count). The molecule has 1 N–H and O–H groups in total. The van der Waals surface area contributed by atoms with Gasteiger partial charge in [0.25, 0.3) is 0 Å². The van der Waals surface area contributed by atoms with Gasteiger partial charge in [-0.15, -0.1) is 0 Å². The van der Waals surface area contributed by atoms with Crippen molar-refractivity contribution in [1.82, 2.24) is 14.9 Å². The van der Waals surface area contributed by atoms with Gasteiger partial charge in [0, 0.05) is 11.1 Å². The summed E-state index contributed by atoms with van der Waals surface area (Å²) in [5.41, 5.74) is 4.02. The fourth-order valence-corrected chi connectivity index (χ4v) is 3.60. The van der Waals surface area contributed by atoms with Gasteiger partial charge in [-0.25, -0.2) is 9.97 Å². The van der Waals surface area contributed by atoms with Gasteiger partial charge in [-0.1, -0.05) is 42.1 Å². The number of para-hydroxylation sites is 1. The van der Waals surface area contributed by atoms with Crippen LogP contribution in [0.1, 0.15) is 17.0 Å². The van der Waals surface area contributed by atoms with Gasteiger partial charge in [0.05, 0.1) is 17.8 Å². The largest absolute Gasteiger partial charge is 0.325 e. The molecule has 5 nitrogen and oxygen atoms in total. The Morgan fingerprint density at radius 2 is 1.85 bits per heavy atom. The van der Waals surface area contributed by atoms with Crippen molar-refractivity contribution >= 4 is 34.3 Å². The minimum absolute atomic E-state index is 0.0365. The van der Waals surface area contributed by atoms with E-state index in [1.165, 1.54) is 11.8 Å². The highest BCUT2D eigenvalue weighted by Crippen LogP contribution is 2.26. The normalized spacial score (nSPS) is 11.1. The summed E-state index contributed by atoms with van der Waals surface area (Å²) >= 11 is 1.45. The standard InChI is InChI=1S/C21H24N4OS/c1-14-8-7-11-17(15(14)2)23-20(26)13-27-21-16-9-5-6-10-18(16)22-19(24-21)12-25(3)4/h5-11H,12-13H2,1-4H3,(H,23,26). The van der Waals surface area contributed by atoms with Crippen molar-refractivity contribution in [2.24, 2.45) is 0 Å². The third kappa shape index (κ3) is 4.84. The summed E-state index contributed by atoms with van der Waals surface area (Å²) in [5.74, 6) is 1.03. The number of aryl methyl sites for hydroxylation is 1. The highest BCUT2D eigenvalue weighted by Gasteiger charge is 2.12. The Hall–Kier alpha value is -2.44. The second kappa shape index (κ2) is 8.50.